The fraction of sp³-hybridized carbons (Fsp3) is 0.238. The van der Waals surface area contributed by atoms with Crippen LogP contribution >= 0.6 is 0 Å². The van der Waals surface area contributed by atoms with Crippen molar-refractivity contribution in [1.29, 1.82) is 0 Å². The quantitative estimate of drug-likeness (QED) is 0.646. The van der Waals surface area contributed by atoms with Gasteiger partial charge in [-0.1, -0.05) is 30.6 Å². The number of aromatic nitrogens is 2. The first-order valence-corrected chi connectivity index (χ1v) is 8.25. The monoisotopic (exact) mass is 346 g/mol. The average Bonchev–Trinajstić information content (AvgIpc) is 2.93. The topological polar surface area (TPSA) is 50.2 Å². The fourth-order valence-corrected chi connectivity index (χ4v) is 2.61. The number of hydrogen-bond acceptors (Lipinski definition) is 3. The van der Waals surface area contributed by atoms with E-state index in [0.29, 0.717) is 42.5 Å². The van der Waals surface area contributed by atoms with E-state index in [1.54, 1.807) is 0 Å². The van der Waals surface area contributed by atoms with Crippen molar-refractivity contribution in [1.82, 2.24) is 14.5 Å². The van der Waals surface area contributed by atoms with E-state index >= 15 is 0 Å². The van der Waals surface area contributed by atoms with E-state index in [1.165, 1.54) is 0 Å². The lowest BCUT2D eigenvalue weighted by molar-refractivity contribution is -0.105. The number of carbonyl (C=O) groups excluding carboxylic acids is 1. The molecule has 0 aliphatic rings. The van der Waals surface area contributed by atoms with Crippen LogP contribution in [-0.2, 0) is 11.8 Å². The first kappa shape index (κ1) is 18.9. The van der Waals surface area contributed by atoms with Crippen molar-refractivity contribution < 1.29 is 4.79 Å². The van der Waals surface area contributed by atoms with Crippen LogP contribution in [0.5, 0.6) is 0 Å². The Bertz CT molecular complexity index is 922. The molecule has 5 heteroatoms. The molecule has 0 aliphatic heterocycles. The molecule has 0 atom stereocenters. The summed E-state index contributed by atoms with van der Waals surface area (Å²) in [6.45, 7) is 9.25. The molecule has 1 aromatic carbocycles. The lowest BCUT2D eigenvalue weighted by Gasteiger charge is -2.23. The van der Waals surface area contributed by atoms with Crippen molar-refractivity contribution in [2.24, 2.45) is 7.05 Å². The predicted octanol–water partition coefficient (Wildman–Crippen LogP) is 2.62. The van der Waals surface area contributed by atoms with E-state index in [4.69, 9.17) is 6.42 Å². The van der Waals surface area contributed by atoms with Crippen molar-refractivity contribution in [2.75, 3.05) is 18.4 Å². The number of nitrogens with zero attached hydrogens (tertiary/aromatic N) is 3. The molecule has 0 bridgehead atoms. The van der Waals surface area contributed by atoms with Gasteiger partial charge in [-0.05, 0) is 37.5 Å². The molecule has 26 heavy (non-hydrogen) atoms. The van der Waals surface area contributed by atoms with Crippen molar-refractivity contribution in [2.45, 2.75) is 13.8 Å². The maximum atomic E-state index is 11.0. The highest BCUT2D eigenvalue weighted by atomic mass is 16.1. The highest BCUT2D eigenvalue weighted by molar-refractivity contribution is 5.79. The van der Waals surface area contributed by atoms with E-state index in [2.05, 4.69) is 34.6 Å². The minimum atomic E-state index is 0.413. The van der Waals surface area contributed by atoms with Crippen LogP contribution in [-0.4, -0.2) is 34.0 Å². The second-order valence-corrected chi connectivity index (χ2v) is 5.74. The van der Waals surface area contributed by atoms with E-state index in [0.717, 1.165) is 11.1 Å². The second-order valence-electron chi connectivity index (χ2n) is 5.74. The first-order chi connectivity index (χ1) is 12.5. The van der Waals surface area contributed by atoms with Gasteiger partial charge < -0.3 is 14.8 Å². The van der Waals surface area contributed by atoms with Crippen molar-refractivity contribution in [3.8, 4) is 24.2 Å². The van der Waals surface area contributed by atoms with Gasteiger partial charge in [-0.15, -0.1) is 6.42 Å². The summed E-state index contributed by atoms with van der Waals surface area (Å²) in [4.78, 5) is 17.4. The molecule has 5 nitrogen and oxygen atoms in total. The zero-order valence-corrected chi connectivity index (χ0v) is 15.3. The maximum absolute atomic E-state index is 11.0. The molecule has 0 saturated heterocycles. The zero-order chi connectivity index (χ0) is 19.1. The molecule has 1 heterocycles. The number of benzene rings is 1. The Labute approximate surface area is 154 Å². The van der Waals surface area contributed by atoms with Gasteiger partial charge in [0.1, 0.15) is 5.69 Å². The molecule has 0 radical (unpaired) electrons. The van der Waals surface area contributed by atoms with Crippen molar-refractivity contribution in [3.63, 3.8) is 0 Å². The summed E-state index contributed by atoms with van der Waals surface area (Å²) in [5.41, 5.74) is 3.42. The highest BCUT2D eigenvalue weighted by Crippen LogP contribution is 2.25. The highest BCUT2D eigenvalue weighted by Gasteiger charge is 2.19. The lowest BCUT2D eigenvalue weighted by atomic mass is 10.1. The van der Waals surface area contributed by atoms with E-state index in [1.807, 2.05) is 54.6 Å². The molecule has 1 aromatic heterocycles. The third kappa shape index (κ3) is 4.15. The Morgan fingerprint density at radius 1 is 1.46 bits per heavy atom. The van der Waals surface area contributed by atoms with Gasteiger partial charge >= 0.3 is 0 Å². The number of amides is 1. The van der Waals surface area contributed by atoms with Crippen molar-refractivity contribution >= 4 is 17.9 Å². The predicted molar refractivity (Wildman–Crippen MR) is 105 cm³/mol. The Morgan fingerprint density at radius 3 is 2.85 bits per heavy atom. The third-order valence-corrected chi connectivity index (χ3v) is 3.95. The number of nitrogens with one attached hydrogen (secondary N) is 1. The van der Waals surface area contributed by atoms with Gasteiger partial charge in [0.2, 0.25) is 6.41 Å². The standard InChI is InChI=1S/C21H22N4O/c1-6-13-25(7-2)17(4)20-21(22-15-26)23-19(24(20)5)12-11-18-10-8-9-16(3)14-18/h1,8-10,14-15H,4,7,13H2,2-3,5H3,(H,22,26). The third-order valence-electron chi connectivity index (χ3n) is 3.95. The average molecular weight is 346 g/mol. The molecule has 0 spiro atoms. The SMILES string of the molecule is C#CCN(CC)C(=C)c1c(NC=O)nc(C#Cc2cccc(C)c2)n1C. The molecular weight excluding hydrogens is 324 g/mol. The van der Waals surface area contributed by atoms with Gasteiger partial charge in [-0.25, -0.2) is 4.98 Å². The van der Waals surface area contributed by atoms with Gasteiger partial charge in [0.25, 0.3) is 0 Å². The van der Waals surface area contributed by atoms with Crippen molar-refractivity contribution in [3.05, 3.63) is 53.5 Å². The van der Waals surface area contributed by atoms with E-state index < -0.39 is 0 Å². The zero-order valence-electron chi connectivity index (χ0n) is 15.3. The number of terminal acetylenes is 1. The number of anilines is 1. The molecule has 0 fully saturated rings. The minimum Gasteiger partial charge on any atom is -0.359 e. The largest absolute Gasteiger partial charge is 0.359 e. The van der Waals surface area contributed by atoms with Crippen LogP contribution in [0.3, 0.4) is 0 Å². The Hall–Kier alpha value is -3.44. The maximum Gasteiger partial charge on any atom is 0.212 e. The summed E-state index contributed by atoms with van der Waals surface area (Å²) >= 11 is 0. The lowest BCUT2D eigenvalue weighted by Crippen LogP contribution is -2.23. The van der Waals surface area contributed by atoms with E-state index in [-0.39, 0.29) is 0 Å². The van der Waals surface area contributed by atoms with Crippen LogP contribution in [0.25, 0.3) is 5.70 Å². The Kier molecular flexibility index (Phi) is 6.25. The summed E-state index contributed by atoms with van der Waals surface area (Å²) in [6.07, 6.45) is 6.03. The molecule has 1 amide bonds. The second kappa shape index (κ2) is 8.60. The summed E-state index contributed by atoms with van der Waals surface area (Å²) in [7, 11) is 1.84. The first-order valence-electron chi connectivity index (χ1n) is 8.25. The summed E-state index contributed by atoms with van der Waals surface area (Å²) in [6, 6.07) is 7.93. The normalized spacial score (nSPS) is 9.62. The molecule has 1 N–H and O–H groups in total. The minimum absolute atomic E-state index is 0.413. The number of imidazole rings is 1. The molecule has 0 aliphatic carbocycles. The van der Waals surface area contributed by atoms with Gasteiger partial charge in [0.15, 0.2) is 11.6 Å². The molecule has 132 valence electrons. The van der Waals surface area contributed by atoms with Gasteiger partial charge in [0.05, 0.1) is 12.2 Å². The van der Waals surface area contributed by atoms with Crippen LogP contribution in [0, 0.1) is 31.1 Å². The van der Waals surface area contributed by atoms with Crippen LogP contribution < -0.4 is 5.32 Å². The number of carbonyl (C=O) groups is 1. The molecule has 2 aromatic rings. The summed E-state index contributed by atoms with van der Waals surface area (Å²) in [5, 5.41) is 2.63. The number of hydrogen-bond donors (Lipinski definition) is 1. The van der Waals surface area contributed by atoms with Crippen LogP contribution in [0.4, 0.5) is 5.82 Å². The summed E-state index contributed by atoms with van der Waals surface area (Å²) in [5.74, 6) is 9.73. The fourth-order valence-electron chi connectivity index (χ4n) is 2.61. The van der Waals surface area contributed by atoms with Crippen LogP contribution in [0.2, 0.25) is 0 Å². The summed E-state index contributed by atoms with van der Waals surface area (Å²) < 4.78 is 1.82. The number of rotatable bonds is 6. The van der Waals surface area contributed by atoms with Gasteiger partial charge in [-0.3, -0.25) is 4.79 Å². The van der Waals surface area contributed by atoms with Crippen LogP contribution in [0.1, 0.15) is 29.6 Å². The van der Waals surface area contributed by atoms with Crippen LogP contribution in [0.15, 0.2) is 30.8 Å². The Morgan fingerprint density at radius 2 is 2.23 bits per heavy atom. The molecule has 0 unspecified atom stereocenters. The van der Waals surface area contributed by atoms with E-state index in [9.17, 15) is 4.79 Å². The molecule has 2 rings (SSSR count). The van der Waals surface area contributed by atoms with Gasteiger partial charge in [-0.2, -0.15) is 0 Å². The molecule has 0 saturated carbocycles. The molecular formula is C21H22N4O. The van der Waals surface area contributed by atoms with Gasteiger partial charge in [0, 0.05) is 19.2 Å². The Balaban J connectivity index is 2.46. The number of aryl methyl sites for hydroxylation is 1. The smallest absolute Gasteiger partial charge is 0.212 e.